The first-order valence-corrected chi connectivity index (χ1v) is 8.42. The molecule has 1 saturated heterocycles. The van der Waals surface area contributed by atoms with Crippen molar-refractivity contribution < 1.29 is 14.3 Å². The molecule has 1 aliphatic rings. The van der Waals surface area contributed by atoms with E-state index in [1.54, 1.807) is 35.9 Å². The summed E-state index contributed by atoms with van der Waals surface area (Å²) in [6.07, 6.45) is 0.763. The molecular formula is C17H20N6O3. The molecule has 2 aromatic rings. The summed E-state index contributed by atoms with van der Waals surface area (Å²) in [4.78, 5) is 12.3. The summed E-state index contributed by atoms with van der Waals surface area (Å²) < 4.78 is 13.1. The first-order chi connectivity index (χ1) is 12.7. The number of benzene rings is 1. The van der Waals surface area contributed by atoms with Crippen LogP contribution in [0.2, 0.25) is 0 Å². The van der Waals surface area contributed by atoms with E-state index in [0.717, 1.165) is 0 Å². The maximum atomic E-state index is 12.3. The number of hydrogen-bond acceptors (Lipinski definition) is 7. The Morgan fingerprint density at radius 2 is 2.27 bits per heavy atom. The first-order valence-electron chi connectivity index (χ1n) is 8.42. The van der Waals surface area contributed by atoms with Crippen LogP contribution in [0.25, 0.3) is 0 Å². The van der Waals surface area contributed by atoms with Gasteiger partial charge in [0.1, 0.15) is 17.7 Å². The van der Waals surface area contributed by atoms with Crippen LogP contribution in [-0.4, -0.2) is 51.5 Å². The molecule has 1 fully saturated rings. The van der Waals surface area contributed by atoms with Crippen LogP contribution in [0.15, 0.2) is 24.3 Å². The predicted octanol–water partition coefficient (Wildman–Crippen LogP) is 0.596. The van der Waals surface area contributed by atoms with Gasteiger partial charge in [-0.15, -0.1) is 5.10 Å². The van der Waals surface area contributed by atoms with E-state index in [1.807, 2.05) is 0 Å². The van der Waals surface area contributed by atoms with Gasteiger partial charge in [0.05, 0.1) is 37.4 Å². The van der Waals surface area contributed by atoms with Crippen molar-refractivity contribution in [2.45, 2.75) is 38.5 Å². The van der Waals surface area contributed by atoms with Gasteiger partial charge in [-0.3, -0.25) is 4.79 Å². The van der Waals surface area contributed by atoms with Gasteiger partial charge >= 0.3 is 0 Å². The predicted molar refractivity (Wildman–Crippen MR) is 90.1 cm³/mol. The lowest BCUT2D eigenvalue weighted by atomic mass is 10.1. The maximum Gasteiger partial charge on any atom is 0.222 e. The van der Waals surface area contributed by atoms with Crippen molar-refractivity contribution in [2.75, 3.05) is 13.2 Å². The zero-order valence-electron chi connectivity index (χ0n) is 14.5. The topological polar surface area (TPSA) is 115 Å². The Hall–Kier alpha value is -2.99. The molecule has 1 aliphatic heterocycles. The summed E-state index contributed by atoms with van der Waals surface area (Å²) in [5.74, 6) is 1.23. The summed E-state index contributed by atoms with van der Waals surface area (Å²) in [5.41, 5.74) is 0.576. The van der Waals surface area contributed by atoms with Gasteiger partial charge in [0.15, 0.2) is 0 Å². The Morgan fingerprint density at radius 3 is 2.96 bits per heavy atom. The minimum Gasteiger partial charge on any atom is -0.488 e. The molecule has 0 saturated carbocycles. The van der Waals surface area contributed by atoms with E-state index in [1.165, 1.54) is 0 Å². The number of aromatic nitrogens is 4. The number of carbonyl (C=O) groups is 1. The van der Waals surface area contributed by atoms with E-state index in [2.05, 4.69) is 26.9 Å². The van der Waals surface area contributed by atoms with Gasteiger partial charge in [-0.05, 0) is 41.6 Å². The summed E-state index contributed by atoms with van der Waals surface area (Å²) in [6.45, 7) is 3.18. The van der Waals surface area contributed by atoms with Gasteiger partial charge in [-0.1, -0.05) is 0 Å². The number of ether oxygens (including phenoxy) is 2. The summed E-state index contributed by atoms with van der Waals surface area (Å²) in [7, 11) is 0. The number of aryl methyl sites for hydroxylation is 2. The van der Waals surface area contributed by atoms with Crippen LogP contribution >= 0.6 is 0 Å². The average Bonchev–Trinajstić information content (AvgIpc) is 3.07. The number of tetrazole rings is 1. The highest BCUT2D eigenvalue weighted by molar-refractivity contribution is 5.76. The van der Waals surface area contributed by atoms with E-state index in [-0.39, 0.29) is 24.5 Å². The Labute approximate surface area is 150 Å². The van der Waals surface area contributed by atoms with E-state index in [9.17, 15) is 4.79 Å². The van der Waals surface area contributed by atoms with E-state index in [0.29, 0.717) is 43.3 Å². The van der Waals surface area contributed by atoms with Crippen LogP contribution in [0.5, 0.6) is 5.75 Å². The Kier molecular flexibility index (Phi) is 5.76. The second-order valence-electron chi connectivity index (χ2n) is 6.03. The zero-order valence-corrected chi connectivity index (χ0v) is 14.5. The van der Waals surface area contributed by atoms with Crippen molar-refractivity contribution in [1.29, 1.82) is 5.26 Å². The third-order valence-corrected chi connectivity index (χ3v) is 4.17. The van der Waals surface area contributed by atoms with Gasteiger partial charge in [0.25, 0.3) is 0 Å². The number of carbonyl (C=O) groups excluding carboxylic acids is 1. The number of amides is 1. The summed E-state index contributed by atoms with van der Waals surface area (Å²) in [6, 6.07) is 8.76. The van der Waals surface area contributed by atoms with Crippen LogP contribution in [0, 0.1) is 18.3 Å². The highest BCUT2D eigenvalue weighted by Gasteiger charge is 2.29. The first kappa shape index (κ1) is 17.8. The second-order valence-corrected chi connectivity index (χ2v) is 6.03. The average molecular weight is 356 g/mol. The van der Waals surface area contributed by atoms with Gasteiger partial charge in [0, 0.05) is 12.8 Å². The molecule has 2 heterocycles. The fraction of sp³-hybridized carbons (Fsp3) is 0.471. The Bertz CT molecular complexity index is 783. The third-order valence-electron chi connectivity index (χ3n) is 4.17. The molecule has 0 spiro atoms. The molecule has 2 atom stereocenters. The van der Waals surface area contributed by atoms with E-state index < -0.39 is 0 Å². The lowest BCUT2D eigenvalue weighted by molar-refractivity contribution is -0.124. The second kappa shape index (κ2) is 8.40. The monoisotopic (exact) mass is 356 g/mol. The normalized spacial score (nSPS) is 19.5. The van der Waals surface area contributed by atoms with Crippen molar-refractivity contribution in [1.82, 2.24) is 25.5 Å². The van der Waals surface area contributed by atoms with Crippen molar-refractivity contribution in [2.24, 2.45) is 0 Å². The van der Waals surface area contributed by atoms with Crippen molar-refractivity contribution in [3.05, 3.63) is 35.7 Å². The summed E-state index contributed by atoms with van der Waals surface area (Å²) >= 11 is 0. The molecule has 9 nitrogen and oxygen atoms in total. The number of hydrogen-bond donors (Lipinski definition) is 1. The molecule has 26 heavy (non-hydrogen) atoms. The number of nitrogens with one attached hydrogen (secondary N) is 1. The van der Waals surface area contributed by atoms with Gasteiger partial charge < -0.3 is 14.8 Å². The number of rotatable bonds is 6. The minimum absolute atomic E-state index is 0.108. The molecule has 9 heteroatoms. The molecule has 1 N–H and O–H groups in total. The van der Waals surface area contributed by atoms with Gasteiger partial charge in [0.2, 0.25) is 5.91 Å². The molecule has 0 aliphatic carbocycles. The van der Waals surface area contributed by atoms with Crippen LogP contribution in [0.4, 0.5) is 0 Å². The van der Waals surface area contributed by atoms with Crippen LogP contribution in [0.3, 0.4) is 0 Å². The smallest absolute Gasteiger partial charge is 0.222 e. The SMILES string of the molecule is Cc1nnnn1CCC(=O)N[C@@H]1COCC[C@H]1Oc1ccc(C#N)cc1. The van der Waals surface area contributed by atoms with Crippen molar-refractivity contribution >= 4 is 5.91 Å². The standard InChI is InChI=1S/C17H20N6O3/c1-12-20-21-22-23(12)8-6-17(24)19-15-11-25-9-7-16(15)26-14-4-2-13(10-18)3-5-14/h2-5,15-16H,6-9,11H2,1H3,(H,19,24)/t15-,16-/m1/s1. The zero-order chi connectivity index (χ0) is 18.4. The van der Waals surface area contributed by atoms with Crippen molar-refractivity contribution in [3.63, 3.8) is 0 Å². The third kappa shape index (κ3) is 4.55. The highest BCUT2D eigenvalue weighted by atomic mass is 16.5. The molecule has 0 unspecified atom stereocenters. The maximum absolute atomic E-state index is 12.3. The molecule has 0 bridgehead atoms. The minimum atomic E-state index is -0.234. The number of nitrogens with zero attached hydrogens (tertiary/aromatic N) is 5. The molecule has 1 aromatic heterocycles. The van der Waals surface area contributed by atoms with Gasteiger partial charge in [-0.25, -0.2) is 4.68 Å². The fourth-order valence-electron chi connectivity index (χ4n) is 2.72. The molecule has 1 amide bonds. The Balaban J connectivity index is 1.55. The van der Waals surface area contributed by atoms with Crippen LogP contribution < -0.4 is 10.1 Å². The van der Waals surface area contributed by atoms with Crippen molar-refractivity contribution in [3.8, 4) is 11.8 Å². The van der Waals surface area contributed by atoms with Gasteiger partial charge in [-0.2, -0.15) is 5.26 Å². The molecule has 3 rings (SSSR count). The van der Waals surface area contributed by atoms with Crippen LogP contribution in [-0.2, 0) is 16.1 Å². The molecule has 1 aromatic carbocycles. The fourth-order valence-corrected chi connectivity index (χ4v) is 2.72. The molecule has 0 radical (unpaired) electrons. The molecule has 136 valence electrons. The highest BCUT2D eigenvalue weighted by Crippen LogP contribution is 2.19. The van der Waals surface area contributed by atoms with E-state index >= 15 is 0 Å². The quantitative estimate of drug-likeness (QED) is 0.805. The van der Waals surface area contributed by atoms with E-state index in [4.69, 9.17) is 14.7 Å². The lowest BCUT2D eigenvalue weighted by Gasteiger charge is -2.32. The lowest BCUT2D eigenvalue weighted by Crippen LogP contribution is -2.52. The number of nitriles is 1. The Morgan fingerprint density at radius 1 is 1.46 bits per heavy atom. The summed E-state index contributed by atoms with van der Waals surface area (Å²) in [5, 5.41) is 23.0. The molecular weight excluding hydrogens is 336 g/mol. The largest absolute Gasteiger partial charge is 0.488 e. The van der Waals surface area contributed by atoms with Crippen LogP contribution in [0.1, 0.15) is 24.2 Å².